The lowest BCUT2D eigenvalue weighted by Crippen LogP contribution is -2.03. The number of aromatic carboxylic acids is 1. The molecule has 0 atom stereocenters. The van der Waals surface area contributed by atoms with E-state index in [0.29, 0.717) is 29.0 Å². The molecule has 1 aromatic carbocycles. The maximum Gasteiger partial charge on any atom is 0.336 e. The summed E-state index contributed by atoms with van der Waals surface area (Å²) in [5, 5.41) is 13.3. The second kappa shape index (κ2) is 7.21. The largest absolute Gasteiger partial charge is 0.478 e. The molecule has 6 nitrogen and oxygen atoms in total. The molecule has 2 N–H and O–H groups in total. The van der Waals surface area contributed by atoms with E-state index in [4.69, 9.17) is 0 Å². The number of nitrogens with zero attached hydrogens (tertiary/aromatic N) is 3. The van der Waals surface area contributed by atoms with Gasteiger partial charge < -0.3 is 10.4 Å². The molecule has 0 amide bonds. The van der Waals surface area contributed by atoms with E-state index in [1.165, 1.54) is 0 Å². The fourth-order valence-corrected chi connectivity index (χ4v) is 2.83. The maximum absolute atomic E-state index is 11.6. The van der Waals surface area contributed by atoms with E-state index in [9.17, 15) is 9.90 Å². The Morgan fingerprint density at radius 1 is 1.00 bits per heavy atom. The van der Waals surface area contributed by atoms with Gasteiger partial charge in [0.15, 0.2) is 0 Å². The summed E-state index contributed by atoms with van der Waals surface area (Å²) in [7, 11) is 0. The van der Waals surface area contributed by atoms with Crippen LogP contribution in [-0.4, -0.2) is 26.0 Å². The number of anilines is 1. The van der Waals surface area contributed by atoms with E-state index >= 15 is 0 Å². The van der Waals surface area contributed by atoms with Crippen molar-refractivity contribution in [1.82, 2.24) is 15.0 Å². The molecule has 6 heteroatoms. The van der Waals surface area contributed by atoms with Crippen molar-refractivity contribution >= 4 is 22.7 Å². The van der Waals surface area contributed by atoms with E-state index in [-0.39, 0.29) is 5.56 Å². The van der Waals surface area contributed by atoms with Gasteiger partial charge in [0, 0.05) is 23.3 Å². The van der Waals surface area contributed by atoms with E-state index < -0.39 is 5.97 Å². The zero-order chi connectivity index (χ0) is 18.6. The van der Waals surface area contributed by atoms with Crippen molar-refractivity contribution in [2.75, 3.05) is 5.32 Å². The van der Waals surface area contributed by atoms with Crippen LogP contribution in [0.15, 0.2) is 73.1 Å². The first-order valence-electron chi connectivity index (χ1n) is 8.44. The van der Waals surface area contributed by atoms with Gasteiger partial charge in [-0.05, 0) is 36.4 Å². The summed E-state index contributed by atoms with van der Waals surface area (Å²) >= 11 is 0. The average Bonchev–Trinajstić information content (AvgIpc) is 2.72. The third-order valence-electron chi connectivity index (χ3n) is 4.18. The lowest BCUT2D eigenvalue weighted by Gasteiger charge is -2.08. The molecule has 0 saturated heterocycles. The summed E-state index contributed by atoms with van der Waals surface area (Å²) in [6.45, 7) is 0.574. The Morgan fingerprint density at radius 3 is 2.59 bits per heavy atom. The SMILES string of the molecule is O=C(O)c1cc(-c2ccc(NCc3ccccn3)nc2)nc2ccccc12. The van der Waals surface area contributed by atoms with Crippen LogP contribution in [0.3, 0.4) is 0 Å². The van der Waals surface area contributed by atoms with Gasteiger partial charge in [0.1, 0.15) is 5.82 Å². The Bertz CT molecular complexity index is 1100. The van der Waals surface area contributed by atoms with Crippen LogP contribution < -0.4 is 5.32 Å². The highest BCUT2D eigenvalue weighted by molar-refractivity contribution is 6.03. The zero-order valence-corrected chi connectivity index (χ0v) is 14.3. The molecule has 0 saturated carbocycles. The van der Waals surface area contributed by atoms with Crippen molar-refractivity contribution in [2.45, 2.75) is 6.54 Å². The molecule has 0 fully saturated rings. The highest BCUT2D eigenvalue weighted by Crippen LogP contribution is 2.25. The lowest BCUT2D eigenvalue weighted by molar-refractivity contribution is 0.0699. The van der Waals surface area contributed by atoms with Crippen LogP contribution in [0.1, 0.15) is 16.1 Å². The fraction of sp³-hybridized carbons (Fsp3) is 0.0476. The molecule has 132 valence electrons. The van der Waals surface area contributed by atoms with Gasteiger partial charge in [-0.2, -0.15) is 0 Å². The standard InChI is InChI=1S/C21H16N4O2/c26-21(27)17-11-19(25-18-7-2-1-6-16(17)18)14-8-9-20(23-12-14)24-13-15-5-3-4-10-22-15/h1-12H,13H2,(H,23,24)(H,26,27). The van der Waals surface area contributed by atoms with Crippen molar-refractivity contribution in [3.8, 4) is 11.3 Å². The summed E-state index contributed by atoms with van der Waals surface area (Å²) in [5.41, 5.74) is 3.13. The Hall–Kier alpha value is -3.80. The summed E-state index contributed by atoms with van der Waals surface area (Å²) in [6.07, 6.45) is 3.43. The van der Waals surface area contributed by atoms with Crippen LogP contribution in [0.25, 0.3) is 22.2 Å². The number of pyridine rings is 3. The summed E-state index contributed by atoms with van der Waals surface area (Å²) in [6, 6.07) is 18.3. The minimum Gasteiger partial charge on any atom is -0.478 e. The number of para-hydroxylation sites is 1. The molecule has 0 aliphatic rings. The molecule has 4 rings (SSSR count). The van der Waals surface area contributed by atoms with Crippen molar-refractivity contribution in [1.29, 1.82) is 0 Å². The molecule has 3 heterocycles. The normalized spacial score (nSPS) is 10.7. The topological polar surface area (TPSA) is 88.0 Å². The quantitative estimate of drug-likeness (QED) is 0.562. The second-order valence-electron chi connectivity index (χ2n) is 5.98. The number of rotatable bonds is 5. The van der Waals surface area contributed by atoms with Gasteiger partial charge in [-0.1, -0.05) is 24.3 Å². The molecule has 27 heavy (non-hydrogen) atoms. The number of fused-ring (bicyclic) bond motifs is 1. The monoisotopic (exact) mass is 356 g/mol. The summed E-state index contributed by atoms with van der Waals surface area (Å²) in [4.78, 5) is 24.8. The molecule has 0 bridgehead atoms. The van der Waals surface area contributed by atoms with Crippen LogP contribution in [0, 0.1) is 0 Å². The first-order valence-corrected chi connectivity index (χ1v) is 8.44. The molecule has 0 aliphatic carbocycles. The number of hydrogen-bond donors (Lipinski definition) is 2. The fourth-order valence-electron chi connectivity index (χ4n) is 2.83. The molecule has 0 radical (unpaired) electrons. The van der Waals surface area contributed by atoms with Crippen molar-refractivity contribution < 1.29 is 9.90 Å². The first-order chi connectivity index (χ1) is 13.2. The Morgan fingerprint density at radius 2 is 1.85 bits per heavy atom. The zero-order valence-electron chi connectivity index (χ0n) is 14.3. The van der Waals surface area contributed by atoms with Gasteiger partial charge in [-0.25, -0.2) is 14.8 Å². The minimum atomic E-state index is -0.976. The lowest BCUT2D eigenvalue weighted by atomic mass is 10.1. The predicted octanol–water partition coefficient (Wildman–Crippen LogP) is 4.00. The van der Waals surface area contributed by atoms with E-state index in [1.54, 1.807) is 30.6 Å². The number of aromatic nitrogens is 3. The van der Waals surface area contributed by atoms with Gasteiger partial charge in [-0.3, -0.25) is 4.98 Å². The van der Waals surface area contributed by atoms with E-state index in [2.05, 4.69) is 20.3 Å². The summed E-state index contributed by atoms with van der Waals surface area (Å²) in [5.74, 6) is -0.264. The van der Waals surface area contributed by atoms with Gasteiger partial charge in [0.2, 0.25) is 0 Å². The van der Waals surface area contributed by atoms with Crippen LogP contribution in [-0.2, 0) is 6.54 Å². The van der Waals surface area contributed by atoms with Crippen molar-refractivity contribution in [3.63, 3.8) is 0 Å². The third kappa shape index (κ3) is 3.59. The highest BCUT2D eigenvalue weighted by Gasteiger charge is 2.12. The summed E-state index contributed by atoms with van der Waals surface area (Å²) < 4.78 is 0. The van der Waals surface area contributed by atoms with E-state index in [0.717, 1.165) is 11.3 Å². The van der Waals surface area contributed by atoms with E-state index in [1.807, 2.05) is 42.5 Å². The van der Waals surface area contributed by atoms with Crippen LogP contribution >= 0.6 is 0 Å². The molecular formula is C21H16N4O2. The molecular weight excluding hydrogens is 340 g/mol. The van der Waals surface area contributed by atoms with Crippen molar-refractivity contribution in [3.05, 3.63) is 84.3 Å². The van der Waals surface area contributed by atoms with Gasteiger partial charge >= 0.3 is 5.97 Å². The number of hydrogen-bond acceptors (Lipinski definition) is 5. The second-order valence-corrected chi connectivity index (χ2v) is 5.98. The molecule has 3 aromatic heterocycles. The highest BCUT2D eigenvalue weighted by atomic mass is 16.4. The Kier molecular flexibility index (Phi) is 4.45. The van der Waals surface area contributed by atoms with Crippen LogP contribution in [0.5, 0.6) is 0 Å². The van der Waals surface area contributed by atoms with Crippen molar-refractivity contribution in [2.24, 2.45) is 0 Å². The predicted molar refractivity (Wildman–Crippen MR) is 103 cm³/mol. The Labute approximate surface area is 155 Å². The van der Waals surface area contributed by atoms with Gasteiger partial charge in [0.05, 0.1) is 29.0 Å². The number of benzene rings is 1. The molecule has 0 unspecified atom stereocenters. The Balaban J connectivity index is 1.61. The maximum atomic E-state index is 11.6. The molecule has 4 aromatic rings. The third-order valence-corrected chi connectivity index (χ3v) is 4.18. The number of nitrogens with one attached hydrogen (secondary N) is 1. The van der Waals surface area contributed by atoms with Gasteiger partial charge in [0.25, 0.3) is 0 Å². The molecule has 0 aliphatic heterocycles. The van der Waals surface area contributed by atoms with Crippen LogP contribution in [0.4, 0.5) is 5.82 Å². The van der Waals surface area contributed by atoms with Crippen LogP contribution in [0.2, 0.25) is 0 Å². The number of carbonyl (C=O) groups is 1. The average molecular weight is 356 g/mol. The molecule has 0 spiro atoms. The smallest absolute Gasteiger partial charge is 0.336 e. The first kappa shape index (κ1) is 16.7. The minimum absolute atomic E-state index is 0.230. The van der Waals surface area contributed by atoms with Gasteiger partial charge in [-0.15, -0.1) is 0 Å². The number of carboxylic acid groups (broad SMARTS) is 1. The number of carboxylic acids is 1.